The van der Waals surface area contributed by atoms with Gasteiger partial charge < -0.3 is 16.4 Å². The Morgan fingerprint density at radius 1 is 0.667 bits per heavy atom. The fourth-order valence-electron chi connectivity index (χ4n) is 0. The van der Waals surface area contributed by atoms with Gasteiger partial charge in [0.15, 0.2) is 34.7 Å². The smallest absolute Gasteiger partial charge is 0.187 e. The van der Waals surface area contributed by atoms with Crippen LogP contribution in [0.5, 0.6) is 0 Å². The minimum absolute atomic E-state index is 0. The van der Waals surface area contributed by atoms with Gasteiger partial charge in [0.2, 0.25) is 0 Å². The van der Waals surface area contributed by atoms with E-state index in [4.69, 9.17) is 0 Å². The molecule has 1 radical (unpaired) electrons. The maximum atomic E-state index is 0. The average molecular weight is 606 g/mol. The van der Waals surface area contributed by atoms with Gasteiger partial charge in [0.1, 0.15) is 0 Å². The van der Waals surface area contributed by atoms with E-state index in [1.807, 2.05) is 0 Å². The van der Waals surface area contributed by atoms with Crippen LogP contribution in [0.25, 0.3) is 0 Å². The van der Waals surface area contributed by atoms with Crippen LogP contribution in [0, 0.1) is 0 Å². The molecule has 0 rings (SSSR count). The predicted molar refractivity (Wildman–Crippen MR) is 30.7 cm³/mol. The minimum atomic E-state index is 0. The first-order valence-corrected chi connectivity index (χ1v) is 0. The largest absolute Gasteiger partial charge is 0.412 e. The minimum Gasteiger partial charge on any atom is -0.412 e. The van der Waals surface area contributed by atoms with Crippen LogP contribution in [-0.2, 0) is 82.5 Å². The molecule has 0 aromatic carbocycles. The molecular formula is H12Al2AuCrO3PtTi. The Balaban J connectivity index is 0. The number of hydrogen-bond acceptors (Lipinski definition) is 0. The summed E-state index contributed by atoms with van der Waals surface area (Å²) in [6, 6.07) is 0. The van der Waals surface area contributed by atoms with E-state index in [9.17, 15) is 0 Å². The SMILES string of the molecule is O.O.O.[AlH3].[AlH3].[Au].[Cr].[Pt].[Ti]. The molecule has 0 saturated heterocycles. The Labute approximate surface area is 131 Å². The molecule has 0 unspecified atom stereocenters. The summed E-state index contributed by atoms with van der Waals surface area (Å²) in [4.78, 5) is 0. The van der Waals surface area contributed by atoms with Gasteiger partial charge in [-0.25, -0.2) is 0 Å². The van der Waals surface area contributed by atoms with Crippen LogP contribution in [0.2, 0.25) is 0 Å². The molecule has 0 fully saturated rings. The second-order valence-corrected chi connectivity index (χ2v) is 0. The van der Waals surface area contributed by atoms with Crippen molar-refractivity contribution in [2.75, 3.05) is 0 Å². The predicted octanol–water partition coefficient (Wildman–Crippen LogP) is -4.85. The van der Waals surface area contributed by atoms with Crippen molar-refractivity contribution in [3.63, 3.8) is 0 Å². The molecule has 0 aromatic rings. The van der Waals surface area contributed by atoms with Crippen molar-refractivity contribution in [1.29, 1.82) is 0 Å². The molecule has 0 aliphatic rings. The number of rotatable bonds is 0. The first-order valence-electron chi connectivity index (χ1n) is 0. The van der Waals surface area contributed by atoms with E-state index in [2.05, 4.69) is 0 Å². The van der Waals surface area contributed by atoms with Crippen molar-refractivity contribution in [1.82, 2.24) is 0 Å². The zero-order chi connectivity index (χ0) is 0. The van der Waals surface area contributed by atoms with Crippen molar-refractivity contribution in [3.05, 3.63) is 0 Å². The molecule has 3 nitrogen and oxygen atoms in total. The maximum absolute atomic E-state index is 0. The summed E-state index contributed by atoms with van der Waals surface area (Å²) in [7, 11) is 0. The summed E-state index contributed by atoms with van der Waals surface area (Å²) in [5.41, 5.74) is 0. The molecule has 0 amide bonds. The monoisotopic (exact) mass is 606 g/mol. The van der Waals surface area contributed by atoms with Gasteiger partial charge in [0.05, 0.1) is 0 Å². The third kappa shape index (κ3) is 82.1. The van der Waals surface area contributed by atoms with E-state index in [0.29, 0.717) is 0 Å². The molecule has 0 heterocycles. The van der Waals surface area contributed by atoms with Crippen LogP contribution >= 0.6 is 0 Å². The fraction of sp³-hybridized carbons (Fsp3) is 0. The Hall–Kier alpha value is 3.62. The summed E-state index contributed by atoms with van der Waals surface area (Å²) in [6.45, 7) is 0. The molecular weight excluding hydrogens is 594 g/mol. The van der Waals surface area contributed by atoms with Gasteiger partial charge in [-0.3, -0.25) is 0 Å². The molecule has 0 spiro atoms. The van der Waals surface area contributed by atoms with Crippen molar-refractivity contribution in [2.45, 2.75) is 0 Å². The second-order valence-electron chi connectivity index (χ2n) is 0. The van der Waals surface area contributed by atoms with Crippen molar-refractivity contribution in [2.24, 2.45) is 0 Å². The molecule has 0 atom stereocenters. The summed E-state index contributed by atoms with van der Waals surface area (Å²) in [6.07, 6.45) is 0. The average Bonchev–Trinajstić information content (AvgIpc) is 0. The maximum Gasteiger partial charge on any atom is 0.187 e. The third-order valence-electron chi connectivity index (χ3n) is 0. The molecule has 6 N–H and O–H groups in total. The standard InChI is InChI=1S/2Al.Au.Cr.3H2O.Pt.Ti.6H/h;;;;3*1H2;;;;;;;;. The Morgan fingerprint density at radius 2 is 0.667 bits per heavy atom. The van der Waals surface area contributed by atoms with Gasteiger partial charge >= 0.3 is 0 Å². The number of hydrogen-bond donors (Lipinski definition) is 0. The first-order chi connectivity index (χ1) is 0. The van der Waals surface area contributed by atoms with Crippen molar-refractivity contribution in [3.8, 4) is 0 Å². The Kier molecular flexibility index (Phi) is 1440. The van der Waals surface area contributed by atoms with Crippen molar-refractivity contribution < 1.29 is 99.0 Å². The molecule has 0 saturated carbocycles. The van der Waals surface area contributed by atoms with E-state index in [1.54, 1.807) is 0 Å². The van der Waals surface area contributed by atoms with Gasteiger partial charge in [-0.1, -0.05) is 0 Å². The molecule has 0 aromatic heterocycles. The molecule has 67 valence electrons. The van der Waals surface area contributed by atoms with E-state index >= 15 is 0 Å². The molecule has 0 bridgehead atoms. The van der Waals surface area contributed by atoms with E-state index in [-0.39, 0.29) is 134 Å². The third-order valence-corrected chi connectivity index (χ3v) is 0. The zero-order valence-corrected chi connectivity index (χ0v) is 10.3. The van der Waals surface area contributed by atoms with Crippen LogP contribution in [0.1, 0.15) is 0 Å². The van der Waals surface area contributed by atoms with Gasteiger partial charge in [-0.15, -0.1) is 0 Å². The van der Waals surface area contributed by atoms with Gasteiger partial charge in [0, 0.05) is 82.5 Å². The normalized spacial score (nSPS) is 0. The first kappa shape index (κ1) is 130. The molecule has 0 aliphatic carbocycles. The zero-order valence-electron chi connectivity index (χ0n) is 3.03. The Morgan fingerprint density at radius 3 is 0.667 bits per heavy atom. The van der Waals surface area contributed by atoms with Crippen LogP contribution in [0.15, 0.2) is 0 Å². The summed E-state index contributed by atoms with van der Waals surface area (Å²) in [5.74, 6) is 0. The quantitative estimate of drug-likeness (QED) is 0.248. The Bertz CT molecular complexity index is 21.8. The van der Waals surface area contributed by atoms with E-state index < -0.39 is 0 Å². The van der Waals surface area contributed by atoms with Gasteiger partial charge in [-0.2, -0.15) is 0 Å². The molecule has 9 heteroatoms. The fourth-order valence-corrected chi connectivity index (χ4v) is 0. The van der Waals surface area contributed by atoms with Gasteiger partial charge in [-0.05, 0) is 0 Å². The molecule has 9 heavy (non-hydrogen) atoms. The van der Waals surface area contributed by atoms with Gasteiger partial charge in [0.25, 0.3) is 0 Å². The van der Waals surface area contributed by atoms with E-state index in [0.717, 1.165) is 0 Å². The second kappa shape index (κ2) is 100. The molecule has 0 aliphatic heterocycles. The van der Waals surface area contributed by atoms with Crippen LogP contribution < -0.4 is 0 Å². The van der Waals surface area contributed by atoms with Crippen LogP contribution in [-0.4, -0.2) is 51.2 Å². The van der Waals surface area contributed by atoms with Crippen LogP contribution in [0.3, 0.4) is 0 Å². The van der Waals surface area contributed by atoms with E-state index in [1.165, 1.54) is 0 Å². The van der Waals surface area contributed by atoms with Crippen molar-refractivity contribution >= 4 is 34.7 Å². The summed E-state index contributed by atoms with van der Waals surface area (Å²) in [5, 5.41) is 0. The van der Waals surface area contributed by atoms with Crippen LogP contribution in [0.4, 0.5) is 0 Å². The topological polar surface area (TPSA) is 94.5 Å². The summed E-state index contributed by atoms with van der Waals surface area (Å²) < 4.78 is 0. The summed E-state index contributed by atoms with van der Waals surface area (Å²) >= 11 is 0.